The van der Waals surface area contributed by atoms with E-state index in [1.165, 1.54) is 0 Å². The zero-order valence-corrected chi connectivity index (χ0v) is 7.81. The van der Waals surface area contributed by atoms with Gasteiger partial charge >= 0.3 is 0 Å². The van der Waals surface area contributed by atoms with E-state index in [1.54, 1.807) is 0 Å². The lowest BCUT2D eigenvalue weighted by atomic mass is 10.2. The van der Waals surface area contributed by atoms with Crippen molar-refractivity contribution < 1.29 is 4.79 Å². The van der Waals surface area contributed by atoms with Gasteiger partial charge in [0.1, 0.15) is 0 Å². The highest BCUT2D eigenvalue weighted by Crippen LogP contribution is 1.96. The minimum Gasteiger partial charge on any atom is -0.354 e. The molecule has 0 aromatic rings. The second kappa shape index (κ2) is 6.20. The Balaban J connectivity index is 3.40. The minimum atomic E-state index is 0.188. The molecular formula is C9H19NO. The van der Waals surface area contributed by atoms with Crippen LogP contribution in [0.2, 0.25) is 0 Å². The largest absolute Gasteiger partial charge is 0.354 e. The first kappa shape index (κ1) is 10.5. The van der Waals surface area contributed by atoms with Crippen molar-refractivity contribution in [1.29, 1.82) is 0 Å². The summed E-state index contributed by atoms with van der Waals surface area (Å²) in [5.41, 5.74) is 0. The van der Waals surface area contributed by atoms with Gasteiger partial charge in [0.15, 0.2) is 0 Å². The average Bonchev–Trinajstić information content (AvgIpc) is 1.87. The number of carbonyl (C=O) groups is 1. The molecule has 0 rings (SSSR count). The molecule has 0 aromatic carbocycles. The van der Waals surface area contributed by atoms with Gasteiger partial charge in [-0.3, -0.25) is 4.79 Å². The van der Waals surface area contributed by atoms with Crippen LogP contribution in [0.1, 0.15) is 46.5 Å². The highest BCUT2D eigenvalue weighted by atomic mass is 16.1. The van der Waals surface area contributed by atoms with Crippen molar-refractivity contribution in [2.75, 3.05) is 0 Å². The molecule has 0 fully saturated rings. The van der Waals surface area contributed by atoms with Gasteiger partial charge in [0.2, 0.25) is 5.91 Å². The van der Waals surface area contributed by atoms with E-state index in [9.17, 15) is 4.79 Å². The first-order valence-electron chi connectivity index (χ1n) is 4.50. The first-order chi connectivity index (χ1) is 5.20. The van der Waals surface area contributed by atoms with E-state index < -0.39 is 0 Å². The molecule has 0 aliphatic rings. The molecule has 1 atom stereocenters. The van der Waals surface area contributed by atoms with Crippen molar-refractivity contribution in [2.24, 2.45) is 0 Å². The van der Waals surface area contributed by atoms with Crippen molar-refractivity contribution in [3.8, 4) is 0 Å². The summed E-state index contributed by atoms with van der Waals surface area (Å²) in [4.78, 5) is 11.0. The number of rotatable bonds is 5. The lowest BCUT2D eigenvalue weighted by Gasteiger charge is -2.11. The van der Waals surface area contributed by atoms with Crippen LogP contribution in [0.3, 0.4) is 0 Å². The van der Waals surface area contributed by atoms with Gasteiger partial charge in [0.25, 0.3) is 0 Å². The number of amides is 1. The minimum absolute atomic E-state index is 0.188. The molecule has 0 radical (unpaired) electrons. The monoisotopic (exact) mass is 157 g/mol. The Labute approximate surface area is 69.4 Å². The molecule has 0 aliphatic carbocycles. The van der Waals surface area contributed by atoms with Crippen molar-refractivity contribution in [1.82, 2.24) is 5.32 Å². The number of nitrogens with one attached hydrogen (secondary N) is 1. The number of hydrogen-bond acceptors (Lipinski definition) is 1. The topological polar surface area (TPSA) is 29.1 Å². The van der Waals surface area contributed by atoms with Crippen LogP contribution in [0, 0.1) is 0 Å². The fourth-order valence-corrected chi connectivity index (χ4v) is 1.08. The van der Waals surface area contributed by atoms with Crippen LogP contribution in [-0.4, -0.2) is 11.9 Å². The third-order valence-electron chi connectivity index (χ3n) is 1.61. The summed E-state index contributed by atoms with van der Waals surface area (Å²) >= 11 is 0. The summed E-state index contributed by atoms with van der Waals surface area (Å²) in [6.07, 6.45) is 3.81. The van der Waals surface area contributed by atoms with Crippen LogP contribution in [0.25, 0.3) is 0 Å². The van der Waals surface area contributed by atoms with Gasteiger partial charge in [-0.05, 0) is 19.8 Å². The molecule has 0 aliphatic heterocycles. The molecule has 0 saturated carbocycles. The Hall–Kier alpha value is -0.530. The van der Waals surface area contributed by atoms with Gasteiger partial charge in [-0.2, -0.15) is 0 Å². The van der Waals surface area contributed by atoms with Crippen molar-refractivity contribution in [3.05, 3.63) is 0 Å². The molecule has 0 aromatic heterocycles. The van der Waals surface area contributed by atoms with Gasteiger partial charge in [-0.1, -0.05) is 20.3 Å². The van der Waals surface area contributed by atoms with E-state index in [1.807, 2.05) is 6.92 Å². The lowest BCUT2D eigenvalue weighted by Crippen LogP contribution is -2.31. The summed E-state index contributed by atoms with van der Waals surface area (Å²) in [5, 5.41) is 2.94. The highest BCUT2D eigenvalue weighted by Gasteiger charge is 2.03. The predicted octanol–water partition coefficient (Wildman–Crippen LogP) is 2.09. The van der Waals surface area contributed by atoms with Gasteiger partial charge in [0, 0.05) is 12.5 Å². The maximum atomic E-state index is 11.0. The van der Waals surface area contributed by atoms with Gasteiger partial charge in [-0.25, -0.2) is 0 Å². The van der Waals surface area contributed by atoms with E-state index in [0.29, 0.717) is 12.5 Å². The van der Waals surface area contributed by atoms with Crippen LogP contribution >= 0.6 is 0 Å². The molecule has 0 saturated heterocycles. The molecule has 66 valence electrons. The van der Waals surface area contributed by atoms with Crippen LogP contribution < -0.4 is 5.32 Å². The molecule has 0 heterocycles. The average molecular weight is 157 g/mol. The Bertz CT molecular complexity index is 112. The predicted molar refractivity (Wildman–Crippen MR) is 47.4 cm³/mol. The van der Waals surface area contributed by atoms with Crippen molar-refractivity contribution >= 4 is 5.91 Å². The molecule has 2 heteroatoms. The number of carbonyl (C=O) groups excluding carboxylic acids is 1. The fourth-order valence-electron chi connectivity index (χ4n) is 1.08. The summed E-state index contributed by atoms with van der Waals surface area (Å²) in [5.74, 6) is 0.188. The molecule has 1 amide bonds. The van der Waals surface area contributed by atoms with Crippen LogP contribution in [-0.2, 0) is 4.79 Å². The quantitative estimate of drug-likeness (QED) is 0.650. The summed E-state index contributed by atoms with van der Waals surface area (Å²) in [6.45, 7) is 6.20. The fraction of sp³-hybridized carbons (Fsp3) is 0.889. The molecule has 0 unspecified atom stereocenters. The second-order valence-electron chi connectivity index (χ2n) is 3.01. The molecule has 11 heavy (non-hydrogen) atoms. The van der Waals surface area contributed by atoms with E-state index in [2.05, 4.69) is 19.2 Å². The van der Waals surface area contributed by atoms with E-state index >= 15 is 0 Å². The summed E-state index contributed by atoms with van der Waals surface area (Å²) in [7, 11) is 0. The maximum Gasteiger partial charge on any atom is 0.220 e. The third-order valence-corrected chi connectivity index (χ3v) is 1.61. The van der Waals surface area contributed by atoms with Crippen molar-refractivity contribution in [2.45, 2.75) is 52.5 Å². The van der Waals surface area contributed by atoms with Crippen LogP contribution in [0.5, 0.6) is 0 Å². The zero-order valence-electron chi connectivity index (χ0n) is 7.81. The molecule has 0 spiro atoms. The highest BCUT2D eigenvalue weighted by molar-refractivity contribution is 5.76. The van der Waals surface area contributed by atoms with Crippen molar-refractivity contribution in [3.63, 3.8) is 0 Å². The molecule has 1 N–H and O–H groups in total. The summed E-state index contributed by atoms with van der Waals surface area (Å²) < 4.78 is 0. The zero-order chi connectivity index (χ0) is 8.69. The Morgan fingerprint density at radius 3 is 2.45 bits per heavy atom. The molecular weight excluding hydrogens is 138 g/mol. The molecule has 0 bridgehead atoms. The third kappa shape index (κ3) is 5.89. The molecule has 2 nitrogen and oxygen atoms in total. The van der Waals surface area contributed by atoms with Crippen LogP contribution in [0.4, 0.5) is 0 Å². The smallest absolute Gasteiger partial charge is 0.220 e. The number of hydrogen-bond donors (Lipinski definition) is 1. The Morgan fingerprint density at radius 2 is 2.00 bits per heavy atom. The first-order valence-corrected chi connectivity index (χ1v) is 4.50. The standard InChI is InChI=1S/C9H19NO/c1-4-6-8(3)10-9(11)7-5-2/h8H,4-7H2,1-3H3,(H,10,11)/t8-/m0/s1. The maximum absolute atomic E-state index is 11.0. The SMILES string of the molecule is CCCC(=O)N[C@@H](C)CCC. The summed E-state index contributed by atoms with van der Waals surface area (Å²) in [6, 6.07) is 0.346. The Kier molecular flexibility index (Phi) is 5.90. The van der Waals surface area contributed by atoms with E-state index in [0.717, 1.165) is 19.3 Å². The van der Waals surface area contributed by atoms with Gasteiger partial charge < -0.3 is 5.32 Å². The second-order valence-corrected chi connectivity index (χ2v) is 3.01. The van der Waals surface area contributed by atoms with E-state index in [4.69, 9.17) is 0 Å². The van der Waals surface area contributed by atoms with E-state index in [-0.39, 0.29) is 5.91 Å². The lowest BCUT2D eigenvalue weighted by molar-refractivity contribution is -0.121. The van der Waals surface area contributed by atoms with Crippen LogP contribution in [0.15, 0.2) is 0 Å². The van der Waals surface area contributed by atoms with Gasteiger partial charge in [-0.15, -0.1) is 0 Å². The van der Waals surface area contributed by atoms with Gasteiger partial charge in [0.05, 0.1) is 0 Å². The Morgan fingerprint density at radius 1 is 1.36 bits per heavy atom. The normalized spacial score (nSPS) is 12.6.